The molecule has 86 valence electrons. The van der Waals surface area contributed by atoms with Crippen LogP contribution in [0.5, 0.6) is 0 Å². The molecule has 0 atom stereocenters. The Balaban J connectivity index is 2.02. The molecular weight excluding hydrogens is 204 g/mol. The highest BCUT2D eigenvalue weighted by Gasteiger charge is 2.42. The Morgan fingerprint density at radius 2 is 2.25 bits per heavy atom. The maximum Gasteiger partial charge on any atom is 0.251 e. The number of aromatic amines is 1. The fourth-order valence-corrected chi connectivity index (χ4v) is 2.32. The Kier molecular flexibility index (Phi) is 2.14. The van der Waals surface area contributed by atoms with E-state index in [0.717, 1.165) is 43.6 Å². The number of H-pyrrole nitrogens is 1. The third-order valence-electron chi connectivity index (χ3n) is 3.74. The molecule has 4 nitrogen and oxygen atoms in total. The summed E-state index contributed by atoms with van der Waals surface area (Å²) in [6.07, 6.45) is 5.39. The van der Waals surface area contributed by atoms with Crippen molar-refractivity contribution in [3.05, 3.63) is 27.9 Å². The first kappa shape index (κ1) is 10.0. The van der Waals surface area contributed by atoms with Crippen LogP contribution >= 0.6 is 0 Å². The molecule has 2 aliphatic rings. The lowest BCUT2D eigenvalue weighted by Crippen LogP contribution is -2.39. The lowest BCUT2D eigenvalue weighted by Gasteiger charge is -2.39. The van der Waals surface area contributed by atoms with Gasteiger partial charge in [0, 0.05) is 19.1 Å². The lowest BCUT2D eigenvalue weighted by molar-refractivity contribution is -0.0849. The van der Waals surface area contributed by atoms with Gasteiger partial charge in [0.1, 0.15) is 11.4 Å². The molecule has 0 unspecified atom stereocenters. The Morgan fingerprint density at radius 1 is 1.50 bits per heavy atom. The molecule has 0 aliphatic heterocycles. The smallest absolute Gasteiger partial charge is 0.251 e. The fraction of sp³-hybridized carbons (Fsp3) is 0.667. The van der Waals surface area contributed by atoms with E-state index in [1.54, 1.807) is 13.2 Å². The molecule has 1 N–H and O–H groups in total. The molecule has 0 bridgehead atoms. The molecule has 0 saturated heterocycles. The van der Waals surface area contributed by atoms with Gasteiger partial charge < -0.3 is 9.72 Å². The number of nitrogens with zero attached hydrogens (tertiary/aromatic N) is 1. The largest absolute Gasteiger partial charge is 0.370 e. The first-order valence-electron chi connectivity index (χ1n) is 5.90. The van der Waals surface area contributed by atoms with Crippen molar-refractivity contribution in [1.82, 2.24) is 9.97 Å². The molecule has 16 heavy (non-hydrogen) atoms. The fourth-order valence-electron chi connectivity index (χ4n) is 2.32. The van der Waals surface area contributed by atoms with E-state index in [4.69, 9.17) is 4.74 Å². The summed E-state index contributed by atoms with van der Waals surface area (Å²) in [6.45, 7) is 0. The maximum absolute atomic E-state index is 11.6. The number of ether oxygens (including phenoxy) is 1. The van der Waals surface area contributed by atoms with Crippen LogP contribution in [0.25, 0.3) is 0 Å². The predicted molar refractivity (Wildman–Crippen MR) is 59.4 cm³/mol. The molecule has 2 saturated carbocycles. The number of methoxy groups -OCH3 is 1. The van der Waals surface area contributed by atoms with Crippen molar-refractivity contribution < 1.29 is 4.74 Å². The Bertz CT molecular complexity index is 453. The molecule has 0 spiro atoms. The monoisotopic (exact) mass is 220 g/mol. The van der Waals surface area contributed by atoms with E-state index in [2.05, 4.69) is 9.97 Å². The standard InChI is InChI=1S/C12H16N2O2/c1-16-12(5-2-6-12)11-13-9(8-3-4-8)7-10(15)14-11/h7-8H,2-6H2,1H3,(H,13,14,15). The van der Waals surface area contributed by atoms with Gasteiger partial charge in [-0.25, -0.2) is 4.98 Å². The highest BCUT2D eigenvalue weighted by molar-refractivity contribution is 5.18. The van der Waals surface area contributed by atoms with Crippen LogP contribution in [-0.2, 0) is 10.3 Å². The molecule has 2 fully saturated rings. The zero-order valence-electron chi connectivity index (χ0n) is 9.45. The van der Waals surface area contributed by atoms with E-state index >= 15 is 0 Å². The molecule has 1 aromatic rings. The number of hydrogen-bond donors (Lipinski definition) is 1. The van der Waals surface area contributed by atoms with Crippen molar-refractivity contribution in [2.45, 2.75) is 43.6 Å². The molecule has 4 heteroatoms. The number of nitrogens with one attached hydrogen (secondary N) is 1. The average molecular weight is 220 g/mol. The molecule has 2 aliphatic carbocycles. The zero-order valence-corrected chi connectivity index (χ0v) is 9.45. The van der Waals surface area contributed by atoms with Crippen LogP contribution in [-0.4, -0.2) is 17.1 Å². The summed E-state index contributed by atoms with van der Waals surface area (Å²) < 4.78 is 5.54. The second-order valence-electron chi connectivity index (χ2n) is 4.85. The van der Waals surface area contributed by atoms with Crippen LogP contribution in [0.1, 0.15) is 49.5 Å². The molecule has 0 amide bonds. The van der Waals surface area contributed by atoms with Crippen molar-refractivity contribution in [3.63, 3.8) is 0 Å². The van der Waals surface area contributed by atoms with Gasteiger partial charge in [-0.1, -0.05) is 0 Å². The van der Waals surface area contributed by atoms with Gasteiger partial charge in [-0.2, -0.15) is 0 Å². The maximum atomic E-state index is 11.6. The van der Waals surface area contributed by atoms with E-state index in [1.165, 1.54) is 0 Å². The predicted octanol–water partition coefficient (Wildman–Crippen LogP) is 1.67. The second-order valence-corrected chi connectivity index (χ2v) is 4.85. The number of aromatic nitrogens is 2. The van der Waals surface area contributed by atoms with Gasteiger partial charge in [-0.05, 0) is 32.1 Å². The van der Waals surface area contributed by atoms with Crippen molar-refractivity contribution in [2.75, 3.05) is 7.11 Å². The van der Waals surface area contributed by atoms with Crippen molar-refractivity contribution >= 4 is 0 Å². The number of rotatable bonds is 3. The van der Waals surface area contributed by atoms with Gasteiger partial charge in [-0.3, -0.25) is 4.79 Å². The summed E-state index contributed by atoms with van der Waals surface area (Å²) >= 11 is 0. The van der Waals surface area contributed by atoms with Gasteiger partial charge >= 0.3 is 0 Å². The molecule has 0 radical (unpaired) electrons. The second kappa shape index (κ2) is 3.42. The summed E-state index contributed by atoms with van der Waals surface area (Å²) in [5.41, 5.74) is 0.585. The third-order valence-corrected chi connectivity index (χ3v) is 3.74. The minimum atomic E-state index is -0.315. The van der Waals surface area contributed by atoms with Crippen LogP contribution in [0.4, 0.5) is 0 Å². The molecule has 0 aromatic carbocycles. The molecule has 3 rings (SSSR count). The van der Waals surface area contributed by atoms with E-state index < -0.39 is 0 Å². The van der Waals surface area contributed by atoms with E-state index in [1.807, 2.05) is 0 Å². The van der Waals surface area contributed by atoms with Crippen LogP contribution < -0.4 is 5.56 Å². The van der Waals surface area contributed by atoms with Gasteiger partial charge in [0.25, 0.3) is 5.56 Å². The quantitative estimate of drug-likeness (QED) is 0.843. The van der Waals surface area contributed by atoms with Crippen molar-refractivity contribution in [3.8, 4) is 0 Å². The summed E-state index contributed by atoms with van der Waals surface area (Å²) in [4.78, 5) is 19.0. The van der Waals surface area contributed by atoms with Crippen LogP contribution in [0.15, 0.2) is 10.9 Å². The first-order chi connectivity index (χ1) is 7.73. The minimum absolute atomic E-state index is 0.0461. The van der Waals surface area contributed by atoms with Crippen LogP contribution in [0.2, 0.25) is 0 Å². The average Bonchev–Trinajstić information content (AvgIpc) is 2.99. The lowest BCUT2D eigenvalue weighted by atomic mass is 9.79. The normalized spacial score (nSPS) is 22.8. The highest BCUT2D eigenvalue weighted by Crippen LogP contribution is 2.44. The first-order valence-corrected chi connectivity index (χ1v) is 5.90. The summed E-state index contributed by atoms with van der Waals surface area (Å²) in [6, 6.07) is 1.63. The van der Waals surface area contributed by atoms with Crippen LogP contribution in [0, 0.1) is 0 Å². The Labute approximate surface area is 94.1 Å². The molecular formula is C12H16N2O2. The summed E-state index contributed by atoms with van der Waals surface area (Å²) in [7, 11) is 1.70. The van der Waals surface area contributed by atoms with E-state index in [-0.39, 0.29) is 11.2 Å². The van der Waals surface area contributed by atoms with Crippen LogP contribution in [0.3, 0.4) is 0 Å². The van der Waals surface area contributed by atoms with Gasteiger partial charge in [0.15, 0.2) is 0 Å². The SMILES string of the molecule is COC1(c2nc(C3CC3)cc(=O)[nH]2)CCC1. The minimum Gasteiger partial charge on any atom is -0.370 e. The summed E-state index contributed by atoms with van der Waals surface area (Å²) in [5.74, 6) is 1.24. The molecule has 1 heterocycles. The van der Waals surface area contributed by atoms with Gasteiger partial charge in [0.2, 0.25) is 0 Å². The Morgan fingerprint density at radius 3 is 2.75 bits per heavy atom. The molecule has 1 aromatic heterocycles. The topological polar surface area (TPSA) is 55.0 Å². The van der Waals surface area contributed by atoms with E-state index in [9.17, 15) is 4.79 Å². The van der Waals surface area contributed by atoms with E-state index in [0.29, 0.717) is 5.92 Å². The van der Waals surface area contributed by atoms with Gasteiger partial charge in [-0.15, -0.1) is 0 Å². The Hall–Kier alpha value is -1.16. The van der Waals surface area contributed by atoms with Crippen molar-refractivity contribution in [1.29, 1.82) is 0 Å². The zero-order chi connectivity index (χ0) is 11.2. The van der Waals surface area contributed by atoms with Crippen molar-refractivity contribution in [2.24, 2.45) is 0 Å². The van der Waals surface area contributed by atoms with Gasteiger partial charge in [0.05, 0.1) is 5.69 Å². The third kappa shape index (κ3) is 1.48. The number of hydrogen-bond acceptors (Lipinski definition) is 3. The highest BCUT2D eigenvalue weighted by atomic mass is 16.5. The summed E-state index contributed by atoms with van der Waals surface area (Å²) in [5, 5.41) is 0.